The molecule has 0 spiro atoms. The Morgan fingerprint density at radius 1 is 1.45 bits per heavy atom. The summed E-state index contributed by atoms with van der Waals surface area (Å²) in [4.78, 5) is 11.0. The van der Waals surface area contributed by atoms with Gasteiger partial charge in [0.25, 0.3) is 0 Å². The maximum Gasteiger partial charge on any atom is 0.243 e. The normalized spacial score (nSPS) is 23.9. The summed E-state index contributed by atoms with van der Waals surface area (Å²) in [6.45, 7) is -0.243. The number of amides is 1. The van der Waals surface area contributed by atoms with Crippen LogP contribution < -0.4 is 11.5 Å². The van der Waals surface area contributed by atoms with Crippen LogP contribution in [0.25, 0.3) is 0 Å². The zero-order valence-corrected chi connectivity index (χ0v) is 11.2. The molecule has 0 aromatic heterocycles. The maximum absolute atomic E-state index is 13.1. The number of anilines is 1. The highest BCUT2D eigenvalue weighted by molar-refractivity contribution is 7.89. The average Bonchev–Trinajstić information content (AvgIpc) is 2.75. The van der Waals surface area contributed by atoms with Crippen molar-refractivity contribution in [1.82, 2.24) is 4.31 Å². The molecular formula is C11H14FN3O4S. The van der Waals surface area contributed by atoms with Gasteiger partial charge in [0.1, 0.15) is 11.9 Å². The van der Waals surface area contributed by atoms with Crippen molar-refractivity contribution in [2.45, 2.75) is 23.5 Å². The number of benzene rings is 1. The van der Waals surface area contributed by atoms with Crippen LogP contribution in [0.1, 0.15) is 6.42 Å². The van der Waals surface area contributed by atoms with E-state index in [-0.39, 0.29) is 23.5 Å². The quantitative estimate of drug-likeness (QED) is 0.618. The summed E-state index contributed by atoms with van der Waals surface area (Å²) in [6.07, 6.45) is -1.04. The van der Waals surface area contributed by atoms with E-state index in [9.17, 15) is 22.7 Å². The van der Waals surface area contributed by atoms with Gasteiger partial charge in [0, 0.05) is 13.0 Å². The van der Waals surface area contributed by atoms with Gasteiger partial charge in [-0.3, -0.25) is 4.79 Å². The van der Waals surface area contributed by atoms with Crippen molar-refractivity contribution in [3.8, 4) is 0 Å². The fourth-order valence-corrected chi connectivity index (χ4v) is 3.81. The summed E-state index contributed by atoms with van der Waals surface area (Å²) in [6, 6.07) is 1.81. The van der Waals surface area contributed by atoms with Crippen molar-refractivity contribution in [1.29, 1.82) is 0 Å². The molecule has 1 heterocycles. The predicted molar refractivity (Wildman–Crippen MR) is 68.3 cm³/mol. The molecule has 0 radical (unpaired) electrons. The summed E-state index contributed by atoms with van der Waals surface area (Å²) in [5, 5.41) is 9.53. The number of hydrogen-bond donors (Lipinski definition) is 3. The van der Waals surface area contributed by atoms with Crippen LogP contribution in [0.4, 0.5) is 10.1 Å². The lowest BCUT2D eigenvalue weighted by atomic mass is 10.2. The molecule has 1 fully saturated rings. The van der Waals surface area contributed by atoms with Crippen molar-refractivity contribution in [3.05, 3.63) is 24.0 Å². The largest absolute Gasteiger partial charge is 0.396 e. The van der Waals surface area contributed by atoms with Gasteiger partial charge in [0.15, 0.2) is 0 Å². The Kier molecular flexibility index (Phi) is 3.67. The van der Waals surface area contributed by atoms with E-state index < -0.39 is 33.9 Å². The van der Waals surface area contributed by atoms with Crippen molar-refractivity contribution in [2.24, 2.45) is 5.73 Å². The molecule has 7 nitrogen and oxygen atoms in total. The van der Waals surface area contributed by atoms with Gasteiger partial charge < -0.3 is 16.6 Å². The van der Waals surface area contributed by atoms with E-state index in [0.717, 1.165) is 22.5 Å². The Balaban J connectivity index is 2.43. The number of sulfonamides is 1. The highest BCUT2D eigenvalue weighted by Crippen LogP contribution is 2.27. The lowest BCUT2D eigenvalue weighted by molar-refractivity contribution is -0.121. The van der Waals surface area contributed by atoms with Gasteiger partial charge in [0.2, 0.25) is 15.9 Å². The smallest absolute Gasteiger partial charge is 0.243 e. The Hall–Kier alpha value is -1.71. The monoisotopic (exact) mass is 303 g/mol. The van der Waals surface area contributed by atoms with Crippen LogP contribution in [-0.2, 0) is 14.8 Å². The third-order valence-electron chi connectivity index (χ3n) is 3.14. The van der Waals surface area contributed by atoms with Crippen LogP contribution in [0.5, 0.6) is 0 Å². The van der Waals surface area contributed by atoms with Crippen molar-refractivity contribution < 1.29 is 22.7 Å². The van der Waals surface area contributed by atoms with Crippen LogP contribution in [0.15, 0.2) is 23.1 Å². The van der Waals surface area contributed by atoms with Crippen LogP contribution in [0.3, 0.4) is 0 Å². The van der Waals surface area contributed by atoms with E-state index in [4.69, 9.17) is 11.5 Å². The number of β-amino-alcohol motifs (C(OH)–C–C–N with tert-alkyl or cyclic N) is 1. The minimum absolute atomic E-state index is 0.0642. The van der Waals surface area contributed by atoms with Gasteiger partial charge in [-0.1, -0.05) is 0 Å². The van der Waals surface area contributed by atoms with Gasteiger partial charge in [-0.25, -0.2) is 12.8 Å². The molecule has 1 aliphatic rings. The molecule has 1 saturated heterocycles. The van der Waals surface area contributed by atoms with Crippen molar-refractivity contribution in [3.63, 3.8) is 0 Å². The summed E-state index contributed by atoms with van der Waals surface area (Å²) in [5.74, 6) is -1.59. The fourth-order valence-electron chi connectivity index (χ4n) is 2.13. The van der Waals surface area contributed by atoms with Crippen molar-refractivity contribution >= 4 is 21.6 Å². The number of aliphatic hydroxyl groups excluding tert-OH is 1. The molecule has 0 aliphatic carbocycles. The molecule has 20 heavy (non-hydrogen) atoms. The summed E-state index contributed by atoms with van der Waals surface area (Å²) >= 11 is 0. The molecule has 1 aliphatic heterocycles. The van der Waals surface area contributed by atoms with E-state index in [0.29, 0.717) is 0 Å². The molecule has 1 amide bonds. The Bertz CT molecular complexity index is 649. The van der Waals surface area contributed by atoms with Gasteiger partial charge >= 0.3 is 0 Å². The number of halogens is 1. The first kappa shape index (κ1) is 14.7. The van der Waals surface area contributed by atoms with Gasteiger partial charge in [-0.15, -0.1) is 0 Å². The molecule has 2 rings (SSSR count). The van der Waals surface area contributed by atoms with E-state index in [1.807, 2.05) is 0 Å². The van der Waals surface area contributed by atoms with Gasteiger partial charge in [-0.05, 0) is 18.2 Å². The molecule has 110 valence electrons. The standard InChI is InChI=1S/C11H14FN3O4S/c12-8-2-1-7(4-9(8)13)20(18,19)15-5-6(16)3-10(15)11(14)17/h1-2,4,6,10,16H,3,5,13H2,(H2,14,17). The second-order valence-corrected chi connectivity index (χ2v) is 6.46. The molecule has 9 heteroatoms. The highest BCUT2D eigenvalue weighted by Gasteiger charge is 2.42. The Morgan fingerprint density at radius 3 is 2.65 bits per heavy atom. The first-order valence-corrected chi connectivity index (χ1v) is 7.21. The Morgan fingerprint density at radius 2 is 2.10 bits per heavy atom. The fraction of sp³-hybridized carbons (Fsp3) is 0.364. The zero-order chi connectivity index (χ0) is 15.1. The molecule has 2 atom stereocenters. The van der Waals surface area contributed by atoms with E-state index in [1.165, 1.54) is 0 Å². The molecule has 0 bridgehead atoms. The molecule has 2 unspecified atom stereocenters. The average molecular weight is 303 g/mol. The van der Waals surface area contributed by atoms with Crippen LogP contribution in [0, 0.1) is 5.82 Å². The number of rotatable bonds is 3. The number of hydrogen-bond acceptors (Lipinski definition) is 5. The third kappa shape index (κ3) is 2.47. The molecule has 0 saturated carbocycles. The second-order valence-electron chi connectivity index (χ2n) is 4.57. The number of carbonyl (C=O) groups excluding carboxylic acids is 1. The lowest BCUT2D eigenvalue weighted by Gasteiger charge is -2.21. The molecule has 5 N–H and O–H groups in total. The topological polar surface area (TPSA) is 127 Å². The lowest BCUT2D eigenvalue weighted by Crippen LogP contribution is -2.43. The second kappa shape index (κ2) is 5.00. The predicted octanol–water partition coefficient (Wildman–Crippen LogP) is -0.983. The van der Waals surface area contributed by atoms with Gasteiger partial charge in [-0.2, -0.15) is 4.31 Å². The van der Waals surface area contributed by atoms with E-state index in [2.05, 4.69) is 0 Å². The highest BCUT2D eigenvalue weighted by atomic mass is 32.2. The minimum atomic E-state index is -4.08. The SMILES string of the molecule is NC(=O)C1CC(O)CN1S(=O)(=O)c1ccc(F)c(N)c1. The number of nitrogens with zero attached hydrogens (tertiary/aromatic N) is 1. The first-order valence-electron chi connectivity index (χ1n) is 5.77. The van der Waals surface area contributed by atoms with Crippen molar-refractivity contribution in [2.75, 3.05) is 12.3 Å². The van der Waals surface area contributed by atoms with E-state index >= 15 is 0 Å². The first-order chi connectivity index (χ1) is 9.23. The number of primary amides is 1. The molecule has 1 aromatic rings. The van der Waals surface area contributed by atoms with E-state index in [1.54, 1.807) is 0 Å². The summed E-state index contributed by atoms with van der Waals surface area (Å²) in [7, 11) is -4.08. The number of nitrogens with two attached hydrogens (primary N) is 2. The number of aliphatic hydroxyl groups is 1. The Labute approximate surface area is 115 Å². The van der Waals surface area contributed by atoms with Crippen LogP contribution in [0.2, 0.25) is 0 Å². The number of nitrogen functional groups attached to an aromatic ring is 1. The minimum Gasteiger partial charge on any atom is -0.396 e. The summed E-state index contributed by atoms with van der Waals surface area (Å²) < 4.78 is 38.7. The van der Waals surface area contributed by atoms with Gasteiger partial charge in [0.05, 0.1) is 16.7 Å². The van der Waals surface area contributed by atoms with Crippen LogP contribution >= 0.6 is 0 Å². The maximum atomic E-state index is 13.1. The third-order valence-corrected chi connectivity index (χ3v) is 5.01. The molecule has 1 aromatic carbocycles. The molecular weight excluding hydrogens is 289 g/mol. The van der Waals surface area contributed by atoms with Crippen LogP contribution in [-0.4, -0.2) is 42.4 Å². The summed E-state index contributed by atoms with van der Waals surface area (Å²) in [5.41, 5.74) is 10.2. The number of carbonyl (C=O) groups is 1. The zero-order valence-electron chi connectivity index (χ0n) is 10.4.